The monoisotopic (exact) mass is 254 g/mol. The molecule has 1 aliphatic heterocycles. The fourth-order valence-corrected chi connectivity index (χ4v) is 2.34. The first-order chi connectivity index (χ1) is 8.08. The smallest absolute Gasteiger partial charge is 0.230 e. The van der Waals surface area contributed by atoms with E-state index in [1.54, 1.807) is 6.07 Å². The van der Waals surface area contributed by atoms with Gasteiger partial charge in [0.05, 0.1) is 12.5 Å². The molecule has 1 fully saturated rings. The molecule has 2 rings (SSSR count). The van der Waals surface area contributed by atoms with Crippen molar-refractivity contribution >= 4 is 17.5 Å². The Hall–Kier alpha value is -1.29. The summed E-state index contributed by atoms with van der Waals surface area (Å²) in [5.41, 5.74) is 0.211. The highest BCUT2D eigenvalue weighted by Gasteiger charge is 2.39. The van der Waals surface area contributed by atoms with Crippen LogP contribution in [0.3, 0.4) is 0 Å². The van der Waals surface area contributed by atoms with Gasteiger partial charge in [0.1, 0.15) is 5.15 Å². The standard InChI is InChI=1S/C12H15ClN2O2/c1-12(6-3-7-14-11(12)16)8-4-5-9(13)15-10(8)17-2/h4-5H,3,6-7H2,1-2H3,(H,14,16)/t12-/m1/s1. The number of rotatable bonds is 2. The van der Waals surface area contributed by atoms with E-state index >= 15 is 0 Å². The number of carbonyl (C=O) groups is 1. The molecule has 1 saturated heterocycles. The van der Waals surface area contributed by atoms with Gasteiger partial charge in [-0.1, -0.05) is 11.6 Å². The normalized spacial score (nSPS) is 24.3. The molecule has 0 saturated carbocycles. The number of halogens is 1. The number of hydrogen-bond acceptors (Lipinski definition) is 3. The van der Waals surface area contributed by atoms with Crippen LogP contribution >= 0.6 is 11.6 Å². The van der Waals surface area contributed by atoms with Crippen LogP contribution in [-0.2, 0) is 10.2 Å². The molecule has 5 heteroatoms. The predicted molar refractivity (Wildman–Crippen MR) is 65.4 cm³/mol. The largest absolute Gasteiger partial charge is 0.481 e. The number of aromatic nitrogens is 1. The Morgan fingerprint density at radius 2 is 2.29 bits per heavy atom. The van der Waals surface area contributed by atoms with E-state index in [1.807, 2.05) is 13.0 Å². The maximum Gasteiger partial charge on any atom is 0.230 e. The number of amides is 1. The first-order valence-corrected chi connectivity index (χ1v) is 5.95. The minimum atomic E-state index is -0.582. The van der Waals surface area contributed by atoms with Gasteiger partial charge in [0.15, 0.2) is 0 Å². The van der Waals surface area contributed by atoms with Gasteiger partial charge in [-0.2, -0.15) is 0 Å². The Kier molecular flexibility index (Phi) is 3.24. The first kappa shape index (κ1) is 12.2. The summed E-state index contributed by atoms with van der Waals surface area (Å²) < 4.78 is 5.22. The van der Waals surface area contributed by atoms with Crippen molar-refractivity contribution < 1.29 is 9.53 Å². The van der Waals surface area contributed by atoms with E-state index in [0.717, 1.165) is 24.9 Å². The Labute approximate surface area is 105 Å². The third-order valence-corrected chi connectivity index (χ3v) is 3.46. The number of hydrogen-bond donors (Lipinski definition) is 1. The van der Waals surface area contributed by atoms with E-state index in [1.165, 1.54) is 7.11 Å². The topological polar surface area (TPSA) is 51.2 Å². The number of nitrogens with zero attached hydrogens (tertiary/aromatic N) is 1. The molecule has 1 N–H and O–H groups in total. The molecule has 1 aromatic rings. The zero-order chi connectivity index (χ0) is 12.5. The van der Waals surface area contributed by atoms with Crippen molar-refractivity contribution in [2.24, 2.45) is 0 Å². The average molecular weight is 255 g/mol. The number of methoxy groups -OCH3 is 1. The second-order valence-corrected chi connectivity index (χ2v) is 4.77. The molecule has 1 aromatic heterocycles. The molecular formula is C12H15ClN2O2. The predicted octanol–water partition coefficient (Wildman–Crippen LogP) is 1.91. The van der Waals surface area contributed by atoms with Gasteiger partial charge >= 0.3 is 0 Å². The zero-order valence-electron chi connectivity index (χ0n) is 9.92. The summed E-state index contributed by atoms with van der Waals surface area (Å²) in [7, 11) is 1.53. The number of ether oxygens (including phenoxy) is 1. The number of pyridine rings is 1. The van der Waals surface area contributed by atoms with Crippen LogP contribution in [0.2, 0.25) is 5.15 Å². The zero-order valence-corrected chi connectivity index (χ0v) is 10.7. The molecule has 4 nitrogen and oxygen atoms in total. The van der Waals surface area contributed by atoms with Crippen LogP contribution in [0.4, 0.5) is 0 Å². The van der Waals surface area contributed by atoms with Gasteiger partial charge in [-0.3, -0.25) is 4.79 Å². The lowest BCUT2D eigenvalue weighted by Gasteiger charge is -2.33. The molecule has 1 atom stereocenters. The van der Waals surface area contributed by atoms with Gasteiger partial charge < -0.3 is 10.1 Å². The lowest BCUT2D eigenvalue weighted by atomic mass is 9.76. The van der Waals surface area contributed by atoms with Crippen LogP contribution in [0, 0.1) is 0 Å². The van der Waals surface area contributed by atoms with Gasteiger partial charge in [0.2, 0.25) is 11.8 Å². The van der Waals surface area contributed by atoms with Crippen LogP contribution in [-0.4, -0.2) is 24.5 Å². The Morgan fingerprint density at radius 3 is 2.94 bits per heavy atom. The van der Waals surface area contributed by atoms with Crippen molar-refractivity contribution in [2.75, 3.05) is 13.7 Å². The van der Waals surface area contributed by atoms with E-state index in [9.17, 15) is 4.79 Å². The molecule has 0 aromatic carbocycles. The number of piperidine rings is 1. The average Bonchev–Trinajstić information content (AvgIpc) is 2.32. The van der Waals surface area contributed by atoms with E-state index < -0.39 is 5.41 Å². The minimum absolute atomic E-state index is 0.0196. The van der Waals surface area contributed by atoms with Crippen molar-refractivity contribution in [3.8, 4) is 5.88 Å². The van der Waals surface area contributed by atoms with Crippen molar-refractivity contribution in [1.82, 2.24) is 10.3 Å². The Morgan fingerprint density at radius 1 is 1.53 bits per heavy atom. The summed E-state index contributed by atoms with van der Waals surface area (Å²) in [5, 5.41) is 3.25. The minimum Gasteiger partial charge on any atom is -0.481 e. The van der Waals surface area contributed by atoms with E-state index in [0.29, 0.717) is 11.0 Å². The van der Waals surface area contributed by atoms with Gasteiger partial charge in [-0.25, -0.2) is 4.98 Å². The maximum atomic E-state index is 12.0. The van der Waals surface area contributed by atoms with Gasteiger partial charge in [0, 0.05) is 12.1 Å². The molecule has 0 unspecified atom stereocenters. The highest BCUT2D eigenvalue weighted by molar-refractivity contribution is 6.29. The molecule has 1 amide bonds. The van der Waals surface area contributed by atoms with Crippen LogP contribution in [0.5, 0.6) is 5.88 Å². The molecule has 17 heavy (non-hydrogen) atoms. The molecule has 1 aliphatic rings. The van der Waals surface area contributed by atoms with E-state index in [-0.39, 0.29) is 5.91 Å². The Balaban J connectivity index is 2.47. The summed E-state index contributed by atoms with van der Waals surface area (Å²) >= 11 is 5.82. The third-order valence-electron chi connectivity index (χ3n) is 3.25. The van der Waals surface area contributed by atoms with Gasteiger partial charge in [-0.05, 0) is 31.9 Å². The fourth-order valence-electron chi connectivity index (χ4n) is 2.20. The van der Waals surface area contributed by atoms with Crippen LogP contribution in [0.1, 0.15) is 25.3 Å². The highest BCUT2D eigenvalue weighted by atomic mass is 35.5. The van der Waals surface area contributed by atoms with Crippen LogP contribution < -0.4 is 10.1 Å². The summed E-state index contributed by atoms with van der Waals surface area (Å²) in [6, 6.07) is 3.51. The number of nitrogens with one attached hydrogen (secondary N) is 1. The van der Waals surface area contributed by atoms with Crippen LogP contribution in [0.15, 0.2) is 12.1 Å². The van der Waals surface area contributed by atoms with Crippen molar-refractivity contribution in [2.45, 2.75) is 25.2 Å². The van der Waals surface area contributed by atoms with Crippen molar-refractivity contribution in [3.05, 3.63) is 22.8 Å². The quantitative estimate of drug-likeness (QED) is 0.821. The molecule has 0 spiro atoms. The summed E-state index contributed by atoms with van der Waals surface area (Å²) in [4.78, 5) is 16.2. The molecular weight excluding hydrogens is 240 g/mol. The second kappa shape index (κ2) is 4.53. The Bertz CT molecular complexity index is 450. The number of carbonyl (C=O) groups excluding carboxylic acids is 1. The maximum absolute atomic E-state index is 12.0. The van der Waals surface area contributed by atoms with Gasteiger partial charge in [-0.15, -0.1) is 0 Å². The fraction of sp³-hybridized carbons (Fsp3) is 0.500. The lowest BCUT2D eigenvalue weighted by molar-refractivity contribution is -0.128. The third kappa shape index (κ3) is 2.09. The SMILES string of the molecule is COc1nc(Cl)ccc1[C@@]1(C)CCCNC1=O. The van der Waals surface area contributed by atoms with E-state index in [2.05, 4.69) is 10.3 Å². The highest BCUT2D eigenvalue weighted by Crippen LogP contribution is 2.36. The summed E-state index contributed by atoms with van der Waals surface area (Å²) in [6.07, 6.45) is 1.74. The van der Waals surface area contributed by atoms with Crippen molar-refractivity contribution in [3.63, 3.8) is 0 Å². The lowest BCUT2D eigenvalue weighted by Crippen LogP contribution is -2.47. The molecule has 0 radical (unpaired) electrons. The second-order valence-electron chi connectivity index (χ2n) is 4.38. The molecule has 0 aliphatic carbocycles. The molecule has 92 valence electrons. The van der Waals surface area contributed by atoms with E-state index in [4.69, 9.17) is 16.3 Å². The molecule has 0 bridgehead atoms. The van der Waals surface area contributed by atoms with Crippen molar-refractivity contribution in [1.29, 1.82) is 0 Å². The first-order valence-electron chi connectivity index (χ1n) is 5.57. The summed E-state index contributed by atoms with van der Waals surface area (Å²) in [5.74, 6) is 0.447. The summed E-state index contributed by atoms with van der Waals surface area (Å²) in [6.45, 7) is 2.65. The van der Waals surface area contributed by atoms with Gasteiger partial charge in [0.25, 0.3) is 0 Å². The van der Waals surface area contributed by atoms with Crippen LogP contribution in [0.25, 0.3) is 0 Å². The molecule has 2 heterocycles.